The third-order valence-electron chi connectivity index (χ3n) is 4.06. The molecule has 1 amide bonds. The lowest BCUT2D eigenvalue weighted by atomic mass is 10.0. The quantitative estimate of drug-likeness (QED) is 0.831. The van der Waals surface area contributed by atoms with Gasteiger partial charge in [0.2, 0.25) is 5.91 Å². The molecular formula is C13H22N2OS. The van der Waals surface area contributed by atoms with E-state index in [0.717, 1.165) is 18.7 Å². The van der Waals surface area contributed by atoms with E-state index in [0.29, 0.717) is 18.0 Å². The summed E-state index contributed by atoms with van der Waals surface area (Å²) in [7, 11) is 0. The molecule has 3 aliphatic rings. The van der Waals surface area contributed by atoms with Crippen molar-refractivity contribution in [2.24, 2.45) is 0 Å². The zero-order valence-electron chi connectivity index (χ0n) is 10.4. The lowest BCUT2D eigenvalue weighted by Gasteiger charge is -2.39. The normalized spacial score (nSPS) is 35.1. The molecule has 1 aliphatic carbocycles. The molecule has 2 aliphatic heterocycles. The lowest BCUT2D eigenvalue weighted by molar-refractivity contribution is -0.138. The van der Waals surface area contributed by atoms with Gasteiger partial charge in [0, 0.05) is 24.4 Å². The molecule has 4 heteroatoms. The zero-order chi connectivity index (χ0) is 11.7. The van der Waals surface area contributed by atoms with Crippen molar-refractivity contribution in [3.8, 4) is 0 Å². The maximum atomic E-state index is 12.4. The fourth-order valence-corrected chi connectivity index (χ4v) is 4.08. The van der Waals surface area contributed by atoms with Gasteiger partial charge in [0.25, 0.3) is 0 Å². The molecule has 0 spiro atoms. The molecule has 2 unspecified atom stereocenters. The summed E-state index contributed by atoms with van der Waals surface area (Å²) < 4.78 is 0. The van der Waals surface area contributed by atoms with Crippen molar-refractivity contribution in [1.82, 2.24) is 10.2 Å². The molecule has 0 radical (unpaired) electrons. The molecule has 1 N–H and O–H groups in total. The van der Waals surface area contributed by atoms with Crippen molar-refractivity contribution in [2.75, 3.05) is 18.1 Å². The molecule has 96 valence electrons. The van der Waals surface area contributed by atoms with Crippen LogP contribution in [0.15, 0.2) is 0 Å². The summed E-state index contributed by atoms with van der Waals surface area (Å²) in [6.45, 7) is 0.993. The van der Waals surface area contributed by atoms with Crippen molar-refractivity contribution >= 4 is 17.7 Å². The average Bonchev–Trinajstić information content (AvgIpc) is 3.17. The topological polar surface area (TPSA) is 32.3 Å². The molecule has 2 heterocycles. The number of piperidine rings is 1. The summed E-state index contributed by atoms with van der Waals surface area (Å²) in [6, 6.07) is 1.29. The molecule has 0 aromatic heterocycles. The maximum absolute atomic E-state index is 12.4. The highest BCUT2D eigenvalue weighted by molar-refractivity contribution is 7.99. The van der Waals surface area contributed by atoms with Crippen LogP contribution in [0.3, 0.4) is 0 Å². The van der Waals surface area contributed by atoms with Gasteiger partial charge in [-0.2, -0.15) is 11.8 Å². The summed E-state index contributed by atoms with van der Waals surface area (Å²) in [4.78, 5) is 14.6. The third-order valence-corrected chi connectivity index (χ3v) is 5.26. The van der Waals surface area contributed by atoms with Crippen molar-refractivity contribution in [2.45, 2.75) is 56.7 Å². The number of hydrogen-bond acceptors (Lipinski definition) is 3. The Morgan fingerprint density at radius 2 is 2.06 bits per heavy atom. The Bertz CT molecular complexity index is 287. The van der Waals surface area contributed by atoms with E-state index in [1.165, 1.54) is 37.9 Å². The Morgan fingerprint density at radius 3 is 2.76 bits per heavy atom. The fourth-order valence-electron chi connectivity index (χ4n) is 2.92. The van der Waals surface area contributed by atoms with Crippen LogP contribution < -0.4 is 5.32 Å². The van der Waals surface area contributed by atoms with Crippen LogP contribution in [-0.4, -0.2) is 47.0 Å². The second-order valence-electron chi connectivity index (χ2n) is 5.54. The number of nitrogens with zero attached hydrogens (tertiary/aromatic N) is 1. The summed E-state index contributed by atoms with van der Waals surface area (Å²) >= 11 is 2.01. The van der Waals surface area contributed by atoms with Gasteiger partial charge in [-0.15, -0.1) is 0 Å². The summed E-state index contributed by atoms with van der Waals surface area (Å²) in [5.41, 5.74) is 0. The molecule has 1 saturated carbocycles. The highest BCUT2D eigenvalue weighted by Gasteiger charge is 2.36. The SMILES string of the molecule is O=C1C(NC2CC2)CCCN1C1CCCSC1. The smallest absolute Gasteiger partial charge is 0.239 e. The number of amides is 1. The first-order valence-corrected chi connectivity index (χ1v) is 8.14. The minimum Gasteiger partial charge on any atom is -0.338 e. The third kappa shape index (κ3) is 2.79. The average molecular weight is 254 g/mol. The minimum atomic E-state index is 0.128. The van der Waals surface area contributed by atoms with Crippen LogP contribution in [0.2, 0.25) is 0 Å². The summed E-state index contributed by atoms with van der Waals surface area (Å²) in [5, 5.41) is 3.51. The van der Waals surface area contributed by atoms with Crippen LogP contribution in [0.1, 0.15) is 38.5 Å². The van der Waals surface area contributed by atoms with Gasteiger partial charge >= 0.3 is 0 Å². The Kier molecular flexibility index (Phi) is 3.61. The number of carbonyl (C=O) groups is 1. The molecule has 0 bridgehead atoms. The minimum absolute atomic E-state index is 0.128. The lowest BCUT2D eigenvalue weighted by Crippen LogP contribution is -2.55. The van der Waals surface area contributed by atoms with E-state index in [9.17, 15) is 4.79 Å². The zero-order valence-corrected chi connectivity index (χ0v) is 11.2. The van der Waals surface area contributed by atoms with Gasteiger partial charge in [-0.3, -0.25) is 4.79 Å². The van der Waals surface area contributed by atoms with Gasteiger partial charge in [0.05, 0.1) is 6.04 Å². The van der Waals surface area contributed by atoms with E-state index in [2.05, 4.69) is 10.2 Å². The molecule has 0 aromatic carbocycles. The Hall–Kier alpha value is -0.220. The van der Waals surface area contributed by atoms with Gasteiger partial charge in [-0.1, -0.05) is 0 Å². The monoisotopic (exact) mass is 254 g/mol. The van der Waals surface area contributed by atoms with E-state index < -0.39 is 0 Å². The van der Waals surface area contributed by atoms with Gasteiger partial charge in [0.15, 0.2) is 0 Å². The van der Waals surface area contributed by atoms with Crippen LogP contribution in [0.5, 0.6) is 0 Å². The van der Waals surface area contributed by atoms with Gasteiger partial charge in [0.1, 0.15) is 0 Å². The molecule has 2 saturated heterocycles. The van der Waals surface area contributed by atoms with Gasteiger partial charge in [-0.05, 0) is 44.3 Å². The Balaban J connectivity index is 1.60. The van der Waals surface area contributed by atoms with Gasteiger partial charge < -0.3 is 10.2 Å². The standard InChI is InChI=1S/C13H22N2OS/c16-13-12(14-10-5-6-10)4-1-7-15(13)11-3-2-8-17-9-11/h10-12,14H,1-9H2. The Morgan fingerprint density at radius 1 is 1.18 bits per heavy atom. The summed E-state index contributed by atoms with van der Waals surface area (Å²) in [6.07, 6.45) is 7.25. The number of likely N-dealkylation sites (tertiary alicyclic amines) is 1. The summed E-state index contributed by atoms with van der Waals surface area (Å²) in [5.74, 6) is 2.82. The molecule has 3 fully saturated rings. The van der Waals surface area contributed by atoms with Crippen LogP contribution in [-0.2, 0) is 4.79 Å². The molecule has 0 aromatic rings. The Labute approximate surface area is 108 Å². The largest absolute Gasteiger partial charge is 0.338 e. The first-order chi connectivity index (χ1) is 8.34. The van der Waals surface area contributed by atoms with E-state index >= 15 is 0 Å². The maximum Gasteiger partial charge on any atom is 0.239 e. The molecule has 3 nitrogen and oxygen atoms in total. The number of hydrogen-bond donors (Lipinski definition) is 1. The predicted molar refractivity (Wildman–Crippen MR) is 71.2 cm³/mol. The van der Waals surface area contributed by atoms with Crippen molar-refractivity contribution in [1.29, 1.82) is 0 Å². The van der Waals surface area contributed by atoms with Crippen LogP contribution in [0, 0.1) is 0 Å². The van der Waals surface area contributed by atoms with E-state index in [4.69, 9.17) is 0 Å². The van der Waals surface area contributed by atoms with Crippen molar-refractivity contribution < 1.29 is 4.79 Å². The molecule has 3 rings (SSSR count). The highest BCUT2D eigenvalue weighted by atomic mass is 32.2. The molecular weight excluding hydrogens is 232 g/mol. The first-order valence-electron chi connectivity index (χ1n) is 6.99. The number of carbonyl (C=O) groups excluding carboxylic acids is 1. The van der Waals surface area contributed by atoms with Crippen LogP contribution in [0.25, 0.3) is 0 Å². The first kappa shape index (κ1) is 11.8. The van der Waals surface area contributed by atoms with Gasteiger partial charge in [-0.25, -0.2) is 0 Å². The molecule has 17 heavy (non-hydrogen) atoms. The van der Waals surface area contributed by atoms with Crippen LogP contribution in [0.4, 0.5) is 0 Å². The van der Waals surface area contributed by atoms with Crippen molar-refractivity contribution in [3.05, 3.63) is 0 Å². The molecule has 2 atom stereocenters. The number of thioether (sulfide) groups is 1. The second-order valence-corrected chi connectivity index (χ2v) is 6.69. The number of rotatable bonds is 3. The fraction of sp³-hybridized carbons (Fsp3) is 0.923. The van der Waals surface area contributed by atoms with E-state index in [1.54, 1.807) is 0 Å². The van der Waals surface area contributed by atoms with E-state index in [1.807, 2.05) is 11.8 Å². The highest BCUT2D eigenvalue weighted by Crippen LogP contribution is 2.27. The van der Waals surface area contributed by atoms with Crippen LogP contribution >= 0.6 is 11.8 Å². The predicted octanol–water partition coefficient (Wildman–Crippen LogP) is 1.62. The second kappa shape index (κ2) is 5.19. The van der Waals surface area contributed by atoms with E-state index in [-0.39, 0.29) is 6.04 Å². The number of nitrogens with one attached hydrogen (secondary N) is 1. The van der Waals surface area contributed by atoms with Crippen molar-refractivity contribution in [3.63, 3.8) is 0 Å².